The number of aromatic nitrogens is 2. The molecule has 0 fully saturated rings. The van der Waals surface area contributed by atoms with Crippen molar-refractivity contribution in [3.63, 3.8) is 0 Å². The van der Waals surface area contributed by atoms with E-state index < -0.39 is 6.04 Å². The smallest absolute Gasteiger partial charge is 0.318 e. The van der Waals surface area contributed by atoms with Gasteiger partial charge in [0.1, 0.15) is 5.82 Å². The summed E-state index contributed by atoms with van der Waals surface area (Å²) >= 11 is 0. The molecule has 1 unspecified atom stereocenters. The van der Waals surface area contributed by atoms with Crippen LogP contribution in [0.25, 0.3) is 16.6 Å². The van der Waals surface area contributed by atoms with Crippen LogP contribution in [-0.4, -0.2) is 27.0 Å². The Hall–Kier alpha value is -3.93. The maximum Gasteiger partial charge on any atom is 0.318 e. The molecular formula is C30H34N4O2. The van der Waals surface area contributed by atoms with E-state index in [0.29, 0.717) is 29.8 Å². The van der Waals surface area contributed by atoms with Crippen molar-refractivity contribution in [3.05, 3.63) is 106 Å². The second-order valence-electron chi connectivity index (χ2n) is 9.18. The predicted molar refractivity (Wildman–Crippen MR) is 145 cm³/mol. The molecule has 4 rings (SSSR count). The van der Waals surface area contributed by atoms with Gasteiger partial charge in [0.15, 0.2) is 0 Å². The second kappa shape index (κ2) is 11.7. The molecule has 186 valence electrons. The summed E-state index contributed by atoms with van der Waals surface area (Å²) in [7, 11) is 0. The summed E-state index contributed by atoms with van der Waals surface area (Å²) in [6.45, 7) is 7.12. The van der Waals surface area contributed by atoms with Gasteiger partial charge in [0, 0.05) is 13.1 Å². The number of carbonyl (C=O) groups excluding carboxylic acids is 1. The number of amides is 2. The minimum atomic E-state index is -0.420. The minimum Gasteiger partial charge on any atom is -0.334 e. The Bertz CT molecular complexity index is 1360. The molecule has 1 aromatic heterocycles. The molecule has 0 aliphatic rings. The van der Waals surface area contributed by atoms with Gasteiger partial charge >= 0.3 is 6.03 Å². The van der Waals surface area contributed by atoms with E-state index in [1.165, 1.54) is 0 Å². The zero-order valence-corrected chi connectivity index (χ0v) is 21.3. The number of carbonyl (C=O) groups is 1. The first-order valence-corrected chi connectivity index (χ1v) is 12.7. The van der Waals surface area contributed by atoms with Gasteiger partial charge in [-0.25, -0.2) is 9.78 Å². The van der Waals surface area contributed by atoms with Gasteiger partial charge in [-0.1, -0.05) is 79.9 Å². The van der Waals surface area contributed by atoms with Crippen molar-refractivity contribution in [1.29, 1.82) is 0 Å². The van der Waals surface area contributed by atoms with E-state index in [9.17, 15) is 9.59 Å². The molecule has 36 heavy (non-hydrogen) atoms. The Balaban J connectivity index is 1.75. The van der Waals surface area contributed by atoms with Crippen molar-refractivity contribution in [2.75, 3.05) is 6.54 Å². The van der Waals surface area contributed by atoms with E-state index in [1.807, 2.05) is 86.6 Å². The molecule has 1 heterocycles. The Morgan fingerprint density at radius 3 is 2.39 bits per heavy atom. The SMILES string of the molecule is CCCCCN(C(=O)NCc1ccccc1)C(C)c1nc2ccccc2c(=O)n1-c1ccc(C)cc1. The maximum absolute atomic E-state index is 13.7. The lowest BCUT2D eigenvalue weighted by Crippen LogP contribution is -2.43. The third-order valence-electron chi connectivity index (χ3n) is 6.48. The number of para-hydroxylation sites is 1. The molecule has 0 saturated heterocycles. The van der Waals surface area contributed by atoms with Crippen molar-refractivity contribution in [2.45, 2.75) is 52.6 Å². The minimum absolute atomic E-state index is 0.135. The molecule has 0 aliphatic heterocycles. The fourth-order valence-corrected chi connectivity index (χ4v) is 4.39. The third-order valence-corrected chi connectivity index (χ3v) is 6.48. The van der Waals surface area contributed by atoms with E-state index in [0.717, 1.165) is 36.1 Å². The standard InChI is InChI=1S/C30H34N4O2/c1-4-5-11-20-33(30(36)31-21-24-12-7-6-8-13-24)23(3)28-32-27-15-10-9-14-26(27)29(35)34(28)25-18-16-22(2)17-19-25/h6-10,12-19,23H,4-5,11,20-21H2,1-3H3,(H,31,36). The lowest BCUT2D eigenvalue weighted by atomic mass is 10.1. The first-order valence-electron chi connectivity index (χ1n) is 12.7. The van der Waals surface area contributed by atoms with E-state index in [2.05, 4.69) is 12.2 Å². The fourth-order valence-electron chi connectivity index (χ4n) is 4.39. The van der Waals surface area contributed by atoms with Gasteiger partial charge in [-0.15, -0.1) is 0 Å². The largest absolute Gasteiger partial charge is 0.334 e. The first-order chi connectivity index (χ1) is 17.5. The Kier molecular flexibility index (Phi) is 8.16. The normalized spacial score (nSPS) is 11.9. The van der Waals surface area contributed by atoms with Crippen molar-refractivity contribution >= 4 is 16.9 Å². The second-order valence-corrected chi connectivity index (χ2v) is 9.18. The van der Waals surface area contributed by atoms with Crippen LogP contribution < -0.4 is 10.9 Å². The van der Waals surface area contributed by atoms with Gasteiger partial charge in [0.2, 0.25) is 0 Å². The van der Waals surface area contributed by atoms with Gasteiger partial charge < -0.3 is 10.2 Å². The average molecular weight is 483 g/mol. The highest BCUT2D eigenvalue weighted by molar-refractivity contribution is 5.78. The number of aryl methyl sites for hydroxylation is 1. The van der Waals surface area contributed by atoms with Crippen LogP contribution >= 0.6 is 0 Å². The van der Waals surface area contributed by atoms with E-state index >= 15 is 0 Å². The van der Waals surface area contributed by atoms with E-state index in [1.54, 1.807) is 15.5 Å². The number of fused-ring (bicyclic) bond motifs is 1. The summed E-state index contributed by atoms with van der Waals surface area (Å²) in [5.41, 5.74) is 3.38. The van der Waals surface area contributed by atoms with Gasteiger partial charge in [0.05, 0.1) is 22.6 Å². The molecule has 0 aliphatic carbocycles. The first kappa shape index (κ1) is 25.2. The monoisotopic (exact) mass is 482 g/mol. The number of nitrogens with one attached hydrogen (secondary N) is 1. The van der Waals surface area contributed by atoms with Crippen LogP contribution in [0.15, 0.2) is 83.7 Å². The summed E-state index contributed by atoms with van der Waals surface area (Å²) in [6.07, 6.45) is 2.95. The molecule has 2 amide bonds. The van der Waals surface area contributed by atoms with Crippen molar-refractivity contribution in [2.24, 2.45) is 0 Å². The topological polar surface area (TPSA) is 67.2 Å². The van der Waals surface area contributed by atoms with Crippen LogP contribution in [-0.2, 0) is 6.54 Å². The Morgan fingerprint density at radius 1 is 0.972 bits per heavy atom. The highest BCUT2D eigenvalue weighted by Crippen LogP contribution is 2.24. The zero-order chi connectivity index (χ0) is 25.5. The van der Waals surface area contributed by atoms with Gasteiger partial charge in [0.25, 0.3) is 5.56 Å². The van der Waals surface area contributed by atoms with E-state index in [-0.39, 0.29) is 11.6 Å². The van der Waals surface area contributed by atoms with Crippen LogP contribution in [0.3, 0.4) is 0 Å². The molecule has 0 saturated carbocycles. The number of hydrogen-bond donors (Lipinski definition) is 1. The summed E-state index contributed by atoms with van der Waals surface area (Å²) in [6, 6.07) is 24.5. The Morgan fingerprint density at radius 2 is 1.67 bits per heavy atom. The molecule has 1 atom stereocenters. The zero-order valence-electron chi connectivity index (χ0n) is 21.3. The fraction of sp³-hybridized carbons (Fsp3) is 0.300. The lowest BCUT2D eigenvalue weighted by Gasteiger charge is -2.31. The number of rotatable bonds is 9. The molecule has 1 N–H and O–H groups in total. The van der Waals surface area contributed by atoms with Gasteiger partial charge in [-0.05, 0) is 50.1 Å². The van der Waals surface area contributed by atoms with Crippen molar-refractivity contribution in [1.82, 2.24) is 19.8 Å². The summed E-state index contributed by atoms with van der Waals surface area (Å²) in [4.78, 5) is 33.9. The van der Waals surface area contributed by atoms with Gasteiger partial charge in [-0.2, -0.15) is 0 Å². The number of unbranched alkanes of at least 4 members (excludes halogenated alkanes) is 2. The van der Waals surface area contributed by atoms with Crippen LogP contribution in [0.2, 0.25) is 0 Å². The Labute approximate surface area is 212 Å². The highest BCUT2D eigenvalue weighted by atomic mass is 16.2. The highest BCUT2D eigenvalue weighted by Gasteiger charge is 2.26. The lowest BCUT2D eigenvalue weighted by molar-refractivity contribution is 0.173. The van der Waals surface area contributed by atoms with E-state index in [4.69, 9.17) is 4.98 Å². The molecule has 0 radical (unpaired) electrons. The molecule has 4 aromatic rings. The number of hydrogen-bond acceptors (Lipinski definition) is 3. The van der Waals surface area contributed by atoms with Crippen LogP contribution in [0.1, 0.15) is 56.1 Å². The van der Waals surface area contributed by atoms with Crippen molar-refractivity contribution in [3.8, 4) is 5.69 Å². The molecule has 6 heteroatoms. The summed E-state index contributed by atoms with van der Waals surface area (Å²) in [5, 5.41) is 3.62. The summed E-state index contributed by atoms with van der Waals surface area (Å²) in [5.74, 6) is 0.550. The van der Waals surface area contributed by atoms with Crippen molar-refractivity contribution < 1.29 is 4.79 Å². The number of urea groups is 1. The molecule has 0 spiro atoms. The summed E-state index contributed by atoms with van der Waals surface area (Å²) < 4.78 is 1.66. The molecule has 6 nitrogen and oxygen atoms in total. The van der Waals surface area contributed by atoms with Crippen LogP contribution in [0.4, 0.5) is 4.79 Å². The maximum atomic E-state index is 13.7. The van der Waals surface area contributed by atoms with Crippen LogP contribution in [0.5, 0.6) is 0 Å². The molecular weight excluding hydrogens is 448 g/mol. The predicted octanol–water partition coefficient (Wildman–Crippen LogP) is 6.16. The average Bonchev–Trinajstić information content (AvgIpc) is 2.91. The van der Waals surface area contributed by atoms with Gasteiger partial charge in [-0.3, -0.25) is 9.36 Å². The number of benzene rings is 3. The molecule has 3 aromatic carbocycles. The third kappa shape index (κ3) is 5.65. The quantitative estimate of drug-likeness (QED) is 0.291. The molecule has 0 bridgehead atoms. The number of nitrogens with zero attached hydrogens (tertiary/aromatic N) is 3. The van der Waals surface area contributed by atoms with Crippen LogP contribution in [0, 0.1) is 6.92 Å².